The molecule has 0 saturated heterocycles. The molecule has 0 bridgehead atoms. The van der Waals surface area contributed by atoms with Crippen molar-refractivity contribution in [2.45, 2.75) is 6.10 Å². The average Bonchev–Trinajstić information content (AvgIpc) is 2.21. The lowest BCUT2D eigenvalue weighted by Crippen LogP contribution is -2.21. The number of ether oxygens (including phenoxy) is 1. The number of hydrogen-bond acceptors (Lipinski definition) is 4. The van der Waals surface area contributed by atoms with E-state index in [1.54, 1.807) is 0 Å². The lowest BCUT2D eigenvalue weighted by Gasteiger charge is -2.12. The van der Waals surface area contributed by atoms with Crippen molar-refractivity contribution in [1.82, 2.24) is 0 Å². The van der Waals surface area contributed by atoms with Crippen molar-refractivity contribution in [1.29, 1.82) is 0 Å². The molecule has 6 heteroatoms. The molecule has 0 aliphatic rings. The molecule has 0 aromatic heterocycles. The topological polar surface area (TPSA) is 75.7 Å². The summed E-state index contributed by atoms with van der Waals surface area (Å²) in [6.45, 7) is -0.431. The van der Waals surface area contributed by atoms with E-state index in [0.29, 0.717) is 21.5 Å². The van der Waals surface area contributed by atoms with Gasteiger partial charge in [-0.2, -0.15) is 0 Å². The largest absolute Gasteiger partial charge is 0.489 e. The highest BCUT2D eigenvalue weighted by molar-refractivity contribution is 6.42. The van der Waals surface area contributed by atoms with E-state index in [-0.39, 0.29) is 13.2 Å². The zero-order valence-corrected chi connectivity index (χ0v) is 9.29. The normalized spacial score (nSPS) is 12.5. The molecule has 0 aliphatic heterocycles. The first kappa shape index (κ1) is 12.4. The first-order chi connectivity index (χ1) is 7.04. The summed E-state index contributed by atoms with van der Waals surface area (Å²) < 4.78 is 5.15. The molecular weight excluding hydrogens is 241 g/mol. The van der Waals surface area contributed by atoms with E-state index in [4.69, 9.17) is 43.9 Å². The quantitative estimate of drug-likeness (QED) is 0.706. The maximum absolute atomic E-state index is 9.06. The fourth-order valence-corrected chi connectivity index (χ4v) is 1.23. The summed E-state index contributed by atoms with van der Waals surface area (Å²) in [5.74, 6) is 0.330. The molecule has 4 nitrogen and oxygen atoms in total. The number of nitrogens with two attached hydrogens (primary N) is 1. The van der Waals surface area contributed by atoms with Crippen molar-refractivity contribution in [2.75, 3.05) is 18.9 Å². The highest BCUT2D eigenvalue weighted by Crippen LogP contribution is 2.32. The van der Waals surface area contributed by atoms with Crippen LogP contribution in [-0.4, -0.2) is 29.5 Å². The molecule has 0 spiro atoms. The van der Waals surface area contributed by atoms with Crippen LogP contribution in [0.15, 0.2) is 12.1 Å². The lowest BCUT2D eigenvalue weighted by atomic mass is 10.3. The van der Waals surface area contributed by atoms with E-state index < -0.39 is 6.10 Å². The van der Waals surface area contributed by atoms with Gasteiger partial charge in [-0.3, -0.25) is 0 Å². The average molecular weight is 252 g/mol. The van der Waals surface area contributed by atoms with Gasteiger partial charge in [0.2, 0.25) is 0 Å². The molecule has 1 rings (SSSR count). The maximum Gasteiger partial charge on any atom is 0.143 e. The summed E-state index contributed by atoms with van der Waals surface area (Å²) in [5.41, 5.74) is 5.93. The molecule has 1 unspecified atom stereocenters. The smallest absolute Gasteiger partial charge is 0.143 e. The first-order valence-corrected chi connectivity index (χ1v) is 4.96. The fourth-order valence-electron chi connectivity index (χ4n) is 0.908. The van der Waals surface area contributed by atoms with Crippen molar-refractivity contribution in [3.8, 4) is 5.75 Å². The zero-order chi connectivity index (χ0) is 11.4. The minimum atomic E-state index is -0.946. The minimum absolute atomic E-state index is 0.0569. The highest BCUT2D eigenvalue weighted by Gasteiger charge is 2.08. The third-order valence-corrected chi connectivity index (χ3v) is 2.42. The van der Waals surface area contributed by atoms with E-state index in [9.17, 15) is 0 Å². The summed E-state index contributed by atoms with van der Waals surface area (Å²) in [6.07, 6.45) is -0.946. The predicted octanol–water partition coefficient (Wildman–Crippen LogP) is 1.31. The monoisotopic (exact) mass is 251 g/mol. The molecule has 15 heavy (non-hydrogen) atoms. The van der Waals surface area contributed by atoms with Gasteiger partial charge in [-0.1, -0.05) is 23.2 Å². The third kappa shape index (κ3) is 3.43. The van der Waals surface area contributed by atoms with Crippen LogP contribution in [0.5, 0.6) is 5.75 Å². The molecule has 0 saturated carbocycles. The van der Waals surface area contributed by atoms with Crippen LogP contribution in [0.25, 0.3) is 0 Å². The van der Waals surface area contributed by atoms with Gasteiger partial charge in [0.05, 0.1) is 22.3 Å². The number of anilines is 1. The molecule has 1 atom stereocenters. The van der Waals surface area contributed by atoms with Crippen LogP contribution in [-0.2, 0) is 0 Å². The second-order valence-corrected chi connectivity index (χ2v) is 3.77. The lowest BCUT2D eigenvalue weighted by molar-refractivity contribution is 0.0538. The Hall–Kier alpha value is -0.680. The summed E-state index contributed by atoms with van der Waals surface area (Å²) in [4.78, 5) is 0. The molecular formula is C9H11Cl2NO3. The molecule has 84 valence electrons. The van der Waals surface area contributed by atoms with E-state index in [1.165, 1.54) is 12.1 Å². The van der Waals surface area contributed by atoms with Crippen molar-refractivity contribution in [3.63, 3.8) is 0 Å². The van der Waals surface area contributed by atoms with Crippen molar-refractivity contribution < 1.29 is 14.9 Å². The number of aliphatic hydroxyl groups is 2. The van der Waals surface area contributed by atoms with Crippen LogP contribution in [0.2, 0.25) is 10.0 Å². The molecule has 1 aromatic rings. The summed E-state index contributed by atoms with van der Waals surface area (Å²) >= 11 is 11.5. The molecule has 0 fully saturated rings. The molecule has 1 aromatic carbocycles. The van der Waals surface area contributed by atoms with Gasteiger partial charge in [-0.05, 0) is 6.07 Å². The minimum Gasteiger partial charge on any atom is -0.489 e. The van der Waals surface area contributed by atoms with E-state index in [0.717, 1.165) is 0 Å². The van der Waals surface area contributed by atoms with Gasteiger partial charge < -0.3 is 20.7 Å². The Morgan fingerprint density at radius 1 is 1.33 bits per heavy atom. The Kier molecular flexibility index (Phi) is 4.47. The van der Waals surface area contributed by atoms with Crippen molar-refractivity contribution in [2.24, 2.45) is 0 Å². The van der Waals surface area contributed by atoms with Crippen LogP contribution in [0.3, 0.4) is 0 Å². The summed E-state index contributed by atoms with van der Waals surface area (Å²) in [7, 11) is 0. The highest BCUT2D eigenvalue weighted by atomic mass is 35.5. The number of hydrogen-bond donors (Lipinski definition) is 3. The standard InChI is InChI=1S/C9H11Cl2NO3/c10-6-1-8(12)9(2-7(6)11)15-4-5(14)3-13/h1-2,5,13-14H,3-4,12H2. The first-order valence-electron chi connectivity index (χ1n) is 4.21. The van der Waals surface area contributed by atoms with Gasteiger partial charge in [0, 0.05) is 6.07 Å². The second-order valence-electron chi connectivity index (χ2n) is 2.95. The molecule has 4 N–H and O–H groups in total. The fraction of sp³-hybridized carbons (Fsp3) is 0.333. The Labute approximate surface area is 97.2 Å². The number of halogens is 2. The van der Waals surface area contributed by atoms with Gasteiger partial charge in [0.15, 0.2) is 0 Å². The van der Waals surface area contributed by atoms with E-state index in [2.05, 4.69) is 0 Å². The second kappa shape index (κ2) is 5.42. The summed E-state index contributed by atoms with van der Waals surface area (Å²) in [5, 5.41) is 18.3. The number of benzene rings is 1. The van der Waals surface area contributed by atoms with Gasteiger partial charge >= 0.3 is 0 Å². The maximum atomic E-state index is 9.06. The third-order valence-electron chi connectivity index (χ3n) is 1.69. The van der Waals surface area contributed by atoms with Crippen molar-refractivity contribution in [3.05, 3.63) is 22.2 Å². The molecule has 0 amide bonds. The Bertz CT molecular complexity index is 346. The van der Waals surface area contributed by atoms with Crippen molar-refractivity contribution >= 4 is 28.9 Å². The van der Waals surface area contributed by atoms with Crippen LogP contribution >= 0.6 is 23.2 Å². The van der Waals surface area contributed by atoms with E-state index in [1.807, 2.05) is 0 Å². The summed E-state index contributed by atoms with van der Waals surface area (Å²) in [6, 6.07) is 2.92. The Morgan fingerprint density at radius 2 is 1.93 bits per heavy atom. The molecule has 0 heterocycles. The van der Waals surface area contributed by atoms with Crippen LogP contribution < -0.4 is 10.5 Å². The Balaban J connectivity index is 2.73. The zero-order valence-electron chi connectivity index (χ0n) is 7.78. The van der Waals surface area contributed by atoms with E-state index >= 15 is 0 Å². The Morgan fingerprint density at radius 3 is 2.53 bits per heavy atom. The predicted molar refractivity (Wildman–Crippen MR) is 59.5 cm³/mol. The van der Waals surface area contributed by atoms with Gasteiger partial charge in [0.1, 0.15) is 18.5 Å². The van der Waals surface area contributed by atoms with Crippen LogP contribution in [0.1, 0.15) is 0 Å². The number of nitrogen functional groups attached to an aromatic ring is 1. The van der Waals surface area contributed by atoms with Crippen LogP contribution in [0, 0.1) is 0 Å². The SMILES string of the molecule is Nc1cc(Cl)c(Cl)cc1OCC(O)CO. The number of aliphatic hydroxyl groups excluding tert-OH is 2. The van der Waals surface area contributed by atoms with Gasteiger partial charge in [-0.15, -0.1) is 0 Å². The van der Waals surface area contributed by atoms with Crippen LogP contribution in [0.4, 0.5) is 5.69 Å². The molecule has 0 radical (unpaired) electrons. The van der Waals surface area contributed by atoms with Gasteiger partial charge in [-0.25, -0.2) is 0 Å². The molecule has 0 aliphatic carbocycles. The number of rotatable bonds is 4. The van der Waals surface area contributed by atoms with Gasteiger partial charge in [0.25, 0.3) is 0 Å².